The summed E-state index contributed by atoms with van der Waals surface area (Å²) in [4.78, 5) is 25.1. The first-order chi connectivity index (χ1) is 8.60. The van der Waals surface area contributed by atoms with Crippen molar-refractivity contribution >= 4 is 0 Å². The summed E-state index contributed by atoms with van der Waals surface area (Å²) in [6.45, 7) is 2.84. The SMILES string of the molecule is CC1CCC(Cn2cc(C#N)c(=O)[nH]c2=O)CC1. The summed E-state index contributed by atoms with van der Waals surface area (Å²) in [5, 5.41) is 8.79. The Morgan fingerprint density at radius 3 is 2.67 bits per heavy atom. The van der Waals surface area contributed by atoms with Gasteiger partial charge in [0.05, 0.1) is 0 Å². The van der Waals surface area contributed by atoms with E-state index in [4.69, 9.17) is 5.26 Å². The minimum atomic E-state index is -0.601. The van der Waals surface area contributed by atoms with Crippen molar-refractivity contribution in [1.82, 2.24) is 9.55 Å². The second kappa shape index (κ2) is 5.21. The maximum Gasteiger partial charge on any atom is 0.328 e. The Labute approximate surface area is 105 Å². The highest BCUT2D eigenvalue weighted by Gasteiger charge is 2.19. The topological polar surface area (TPSA) is 78.7 Å². The lowest BCUT2D eigenvalue weighted by atomic mass is 9.83. The van der Waals surface area contributed by atoms with Crippen LogP contribution in [0.1, 0.15) is 38.2 Å². The van der Waals surface area contributed by atoms with Crippen LogP contribution in [0.15, 0.2) is 15.8 Å². The molecule has 0 aliphatic heterocycles. The van der Waals surface area contributed by atoms with Gasteiger partial charge in [-0.25, -0.2) is 4.79 Å². The summed E-state index contributed by atoms with van der Waals surface area (Å²) < 4.78 is 1.46. The zero-order valence-corrected chi connectivity index (χ0v) is 10.5. The average Bonchev–Trinajstić information content (AvgIpc) is 2.35. The Morgan fingerprint density at radius 1 is 1.39 bits per heavy atom. The first-order valence-electron chi connectivity index (χ1n) is 6.34. The molecule has 1 aliphatic rings. The Morgan fingerprint density at radius 2 is 2.06 bits per heavy atom. The molecule has 1 aromatic rings. The van der Waals surface area contributed by atoms with E-state index in [1.807, 2.05) is 0 Å². The van der Waals surface area contributed by atoms with Gasteiger partial charge in [0, 0.05) is 12.7 Å². The first kappa shape index (κ1) is 12.6. The van der Waals surface area contributed by atoms with Crippen molar-refractivity contribution in [2.45, 2.75) is 39.2 Å². The summed E-state index contributed by atoms with van der Waals surface area (Å²) in [5.74, 6) is 1.24. The molecule has 5 heteroatoms. The second-order valence-corrected chi connectivity index (χ2v) is 5.19. The number of aromatic nitrogens is 2. The number of hydrogen-bond donors (Lipinski definition) is 1. The highest BCUT2D eigenvalue weighted by molar-refractivity contribution is 5.21. The van der Waals surface area contributed by atoms with Gasteiger partial charge in [0.15, 0.2) is 0 Å². The molecule has 0 aromatic carbocycles. The van der Waals surface area contributed by atoms with Crippen LogP contribution in [-0.2, 0) is 6.54 Å². The quantitative estimate of drug-likeness (QED) is 0.853. The molecule has 96 valence electrons. The fraction of sp³-hybridized carbons (Fsp3) is 0.615. The van der Waals surface area contributed by atoms with Gasteiger partial charge in [0.2, 0.25) is 0 Å². The monoisotopic (exact) mass is 247 g/mol. The van der Waals surface area contributed by atoms with E-state index in [0.717, 1.165) is 18.8 Å². The normalized spacial score (nSPS) is 23.6. The van der Waals surface area contributed by atoms with Crippen molar-refractivity contribution in [1.29, 1.82) is 5.26 Å². The molecular formula is C13H17N3O2. The largest absolute Gasteiger partial charge is 0.328 e. The van der Waals surface area contributed by atoms with Crippen molar-refractivity contribution in [2.24, 2.45) is 11.8 Å². The number of nitrogens with zero attached hydrogens (tertiary/aromatic N) is 2. The van der Waals surface area contributed by atoms with Crippen molar-refractivity contribution in [3.63, 3.8) is 0 Å². The van der Waals surface area contributed by atoms with Crippen LogP contribution >= 0.6 is 0 Å². The molecule has 1 aromatic heterocycles. The first-order valence-corrected chi connectivity index (χ1v) is 6.34. The van der Waals surface area contributed by atoms with Crippen LogP contribution in [0, 0.1) is 23.2 Å². The van der Waals surface area contributed by atoms with Gasteiger partial charge in [-0.1, -0.05) is 19.8 Å². The highest BCUT2D eigenvalue weighted by atomic mass is 16.2. The highest BCUT2D eigenvalue weighted by Crippen LogP contribution is 2.28. The van der Waals surface area contributed by atoms with Crippen LogP contribution in [0.3, 0.4) is 0 Å². The van der Waals surface area contributed by atoms with E-state index in [-0.39, 0.29) is 5.56 Å². The standard InChI is InChI=1S/C13H17N3O2/c1-9-2-4-10(5-3-9)7-16-8-11(6-14)12(17)15-13(16)18/h8-10H,2-5,7H2,1H3,(H,15,17,18). The van der Waals surface area contributed by atoms with Crippen LogP contribution in [0.4, 0.5) is 0 Å². The lowest BCUT2D eigenvalue weighted by Gasteiger charge is -2.26. The fourth-order valence-corrected chi connectivity index (χ4v) is 2.51. The number of hydrogen-bond acceptors (Lipinski definition) is 3. The van der Waals surface area contributed by atoms with Crippen LogP contribution < -0.4 is 11.2 Å². The molecule has 0 atom stereocenters. The molecule has 1 fully saturated rings. The van der Waals surface area contributed by atoms with E-state index in [0.29, 0.717) is 12.5 Å². The van der Waals surface area contributed by atoms with Crippen LogP contribution in [0.25, 0.3) is 0 Å². The molecule has 0 spiro atoms. The molecule has 0 amide bonds. The lowest BCUT2D eigenvalue weighted by molar-refractivity contribution is 0.261. The van der Waals surface area contributed by atoms with Gasteiger partial charge in [-0.3, -0.25) is 14.3 Å². The minimum absolute atomic E-state index is 0.00113. The van der Waals surface area contributed by atoms with Gasteiger partial charge in [0.1, 0.15) is 11.6 Å². The molecular weight excluding hydrogens is 230 g/mol. The van der Waals surface area contributed by atoms with Gasteiger partial charge in [-0.2, -0.15) is 5.26 Å². The molecule has 0 saturated heterocycles. The van der Waals surface area contributed by atoms with Crippen LogP contribution in [0.5, 0.6) is 0 Å². The Bertz CT molecular complexity index is 571. The molecule has 1 heterocycles. The predicted molar refractivity (Wildman–Crippen MR) is 67.2 cm³/mol. The predicted octanol–water partition coefficient (Wildman–Crippen LogP) is 1.23. The zero-order valence-electron chi connectivity index (χ0n) is 10.5. The molecule has 5 nitrogen and oxygen atoms in total. The average molecular weight is 247 g/mol. The van der Waals surface area contributed by atoms with Gasteiger partial charge in [-0.05, 0) is 24.7 Å². The molecule has 0 bridgehead atoms. The molecule has 2 rings (SSSR count). The van der Waals surface area contributed by atoms with Crippen molar-refractivity contribution in [2.75, 3.05) is 0 Å². The molecule has 1 N–H and O–H groups in total. The van der Waals surface area contributed by atoms with Crippen molar-refractivity contribution in [3.05, 3.63) is 32.6 Å². The molecule has 0 unspecified atom stereocenters. The zero-order chi connectivity index (χ0) is 13.1. The van der Waals surface area contributed by atoms with Gasteiger partial charge in [0.25, 0.3) is 5.56 Å². The van der Waals surface area contributed by atoms with Gasteiger partial charge < -0.3 is 0 Å². The summed E-state index contributed by atoms with van der Waals surface area (Å²) in [5.41, 5.74) is -1.02. The van der Waals surface area contributed by atoms with Gasteiger partial charge >= 0.3 is 5.69 Å². The molecule has 1 saturated carbocycles. The molecule has 0 radical (unpaired) electrons. The maximum atomic E-state index is 11.6. The van der Waals surface area contributed by atoms with E-state index in [2.05, 4.69) is 11.9 Å². The summed E-state index contributed by atoms with van der Waals surface area (Å²) in [6.07, 6.45) is 5.96. The third kappa shape index (κ3) is 2.70. The van der Waals surface area contributed by atoms with Gasteiger partial charge in [-0.15, -0.1) is 0 Å². The number of nitriles is 1. The Kier molecular flexibility index (Phi) is 3.66. The lowest BCUT2D eigenvalue weighted by Crippen LogP contribution is -2.33. The van der Waals surface area contributed by atoms with E-state index >= 15 is 0 Å². The third-order valence-corrected chi connectivity index (χ3v) is 3.72. The van der Waals surface area contributed by atoms with Crippen LogP contribution in [0.2, 0.25) is 0 Å². The number of nitrogens with one attached hydrogen (secondary N) is 1. The van der Waals surface area contributed by atoms with E-state index in [9.17, 15) is 9.59 Å². The summed E-state index contributed by atoms with van der Waals surface area (Å²) in [7, 11) is 0. The minimum Gasteiger partial charge on any atom is -0.299 e. The van der Waals surface area contributed by atoms with E-state index in [1.54, 1.807) is 6.07 Å². The van der Waals surface area contributed by atoms with Crippen LogP contribution in [-0.4, -0.2) is 9.55 Å². The smallest absolute Gasteiger partial charge is 0.299 e. The number of aromatic amines is 1. The van der Waals surface area contributed by atoms with E-state index < -0.39 is 11.2 Å². The van der Waals surface area contributed by atoms with Crippen molar-refractivity contribution < 1.29 is 0 Å². The summed E-state index contributed by atoms with van der Waals surface area (Å²) >= 11 is 0. The Balaban J connectivity index is 2.17. The Hall–Kier alpha value is -1.83. The van der Waals surface area contributed by atoms with Crippen molar-refractivity contribution in [3.8, 4) is 6.07 Å². The second-order valence-electron chi connectivity index (χ2n) is 5.19. The molecule has 1 aliphatic carbocycles. The fourth-order valence-electron chi connectivity index (χ4n) is 2.51. The molecule has 18 heavy (non-hydrogen) atoms. The third-order valence-electron chi connectivity index (χ3n) is 3.72. The van der Waals surface area contributed by atoms with E-state index in [1.165, 1.54) is 23.6 Å². The maximum absolute atomic E-state index is 11.6. The number of rotatable bonds is 2. The summed E-state index contributed by atoms with van der Waals surface area (Å²) in [6, 6.07) is 1.80. The number of H-pyrrole nitrogens is 1.